The fourth-order valence-corrected chi connectivity index (χ4v) is 3.74. The van der Waals surface area contributed by atoms with Crippen molar-refractivity contribution in [3.05, 3.63) is 72.3 Å². The van der Waals surface area contributed by atoms with Crippen LogP contribution in [0, 0.1) is 6.92 Å². The number of methoxy groups -OCH3 is 2. The highest BCUT2D eigenvalue weighted by Gasteiger charge is 2.14. The van der Waals surface area contributed by atoms with E-state index in [-0.39, 0.29) is 4.90 Å². The van der Waals surface area contributed by atoms with Gasteiger partial charge in [-0.05, 0) is 48.9 Å². The van der Waals surface area contributed by atoms with E-state index in [2.05, 4.69) is 4.72 Å². The van der Waals surface area contributed by atoms with E-state index in [4.69, 9.17) is 9.47 Å². The van der Waals surface area contributed by atoms with E-state index in [1.54, 1.807) is 50.6 Å². The van der Waals surface area contributed by atoms with Crippen molar-refractivity contribution in [1.82, 2.24) is 0 Å². The minimum Gasteiger partial charge on any atom is -0.497 e. The molecule has 6 heteroatoms. The molecule has 1 N–H and O–H groups in total. The third-order valence-electron chi connectivity index (χ3n) is 4.19. The van der Waals surface area contributed by atoms with Crippen LogP contribution in [0.1, 0.15) is 5.56 Å². The number of benzene rings is 3. The van der Waals surface area contributed by atoms with Gasteiger partial charge in [-0.15, -0.1) is 0 Å². The molecule has 3 aromatic carbocycles. The Morgan fingerprint density at radius 2 is 1.48 bits per heavy atom. The monoisotopic (exact) mass is 383 g/mol. The lowest BCUT2D eigenvalue weighted by molar-refractivity contribution is 0.395. The molecule has 140 valence electrons. The van der Waals surface area contributed by atoms with Gasteiger partial charge < -0.3 is 9.47 Å². The zero-order chi connectivity index (χ0) is 19.4. The number of hydrogen-bond donors (Lipinski definition) is 1. The molecule has 0 radical (unpaired) electrons. The predicted octanol–water partition coefficient (Wildman–Crippen LogP) is 4.48. The molecule has 0 heterocycles. The lowest BCUT2D eigenvalue weighted by Crippen LogP contribution is -2.12. The summed E-state index contributed by atoms with van der Waals surface area (Å²) < 4.78 is 38.2. The van der Waals surface area contributed by atoms with Gasteiger partial charge in [-0.25, -0.2) is 8.42 Å². The van der Waals surface area contributed by atoms with E-state index >= 15 is 0 Å². The van der Waals surface area contributed by atoms with Gasteiger partial charge in [0.05, 0.1) is 19.1 Å². The minimum atomic E-state index is -3.62. The molecule has 0 fully saturated rings. The number of sulfonamides is 1. The Labute approximate surface area is 159 Å². The summed E-state index contributed by atoms with van der Waals surface area (Å²) in [6, 6.07) is 19.4. The number of nitrogens with one attached hydrogen (secondary N) is 1. The predicted molar refractivity (Wildman–Crippen MR) is 107 cm³/mol. The minimum absolute atomic E-state index is 0.231. The lowest BCUT2D eigenvalue weighted by atomic mass is 10.0. The molecule has 3 rings (SSSR count). The maximum absolute atomic E-state index is 12.5. The highest BCUT2D eigenvalue weighted by atomic mass is 32.2. The normalized spacial score (nSPS) is 11.1. The summed E-state index contributed by atoms with van der Waals surface area (Å²) in [5.41, 5.74) is 3.30. The smallest absolute Gasteiger partial charge is 0.261 e. The van der Waals surface area contributed by atoms with Crippen molar-refractivity contribution >= 4 is 15.7 Å². The first-order chi connectivity index (χ1) is 12.9. The van der Waals surface area contributed by atoms with Crippen molar-refractivity contribution in [1.29, 1.82) is 0 Å². The molecular weight excluding hydrogens is 362 g/mol. The lowest BCUT2D eigenvalue weighted by Gasteiger charge is -2.12. The van der Waals surface area contributed by atoms with Crippen molar-refractivity contribution in [2.45, 2.75) is 11.8 Å². The van der Waals surface area contributed by atoms with Crippen LogP contribution in [0.25, 0.3) is 11.1 Å². The highest BCUT2D eigenvalue weighted by molar-refractivity contribution is 7.92. The van der Waals surface area contributed by atoms with Crippen LogP contribution in [-0.4, -0.2) is 22.6 Å². The van der Waals surface area contributed by atoms with E-state index in [1.807, 2.05) is 37.3 Å². The molecule has 0 aliphatic carbocycles. The second-order valence-electron chi connectivity index (χ2n) is 6.06. The Morgan fingerprint density at radius 1 is 0.815 bits per heavy atom. The first-order valence-corrected chi connectivity index (χ1v) is 9.83. The van der Waals surface area contributed by atoms with Gasteiger partial charge in [0.15, 0.2) is 0 Å². The summed E-state index contributed by atoms with van der Waals surface area (Å²) >= 11 is 0. The molecule has 0 spiro atoms. The summed E-state index contributed by atoms with van der Waals surface area (Å²) in [7, 11) is -0.420. The van der Waals surface area contributed by atoms with E-state index in [0.29, 0.717) is 17.2 Å². The highest BCUT2D eigenvalue weighted by Crippen LogP contribution is 2.34. The zero-order valence-electron chi connectivity index (χ0n) is 15.4. The Balaban J connectivity index is 1.84. The Hall–Kier alpha value is -2.99. The van der Waals surface area contributed by atoms with Gasteiger partial charge in [-0.1, -0.05) is 29.8 Å². The topological polar surface area (TPSA) is 64.6 Å². The second-order valence-corrected chi connectivity index (χ2v) is 7.74. The molecular formula is C21H21NO4S. The summed E-state index contributed by atoms with van der Waals surface area (Å²) in [5.74, 6) is 1.39. The fraction of sp³-hybridized carbons (Fsp3) is 0.143. The van der Waals surface area contributed by atoms with Crippen LogP contribution in [0.4, 0.5) is 5.69 Å². The molecule has 0 saturated carbocycles. The molecule has 0 aliphatic rings. The molecule has 3 aromatic rings. The third kappa shape index (κ3) is 4.23. The Bertz CT molecular complexity index is 1030. The maximum Gasteiger partial charge on any atom is 0.261 e. The molecule has 0 aromatic heterocycles. The molecule has 0 bridgehead atoms. The van der Waals surface area contributed by atoms with E-state index in [9.17, 15) is 8.42 Å². The van der Waals surface area contributed by atoms with E-state index < -0.39 is 10.0 Å². The van der Waals surface area contributed by atoms with Gasteiger partial charge in [-0.2, -0.15) is 0 Å². The summed E-state index contributed by atoms with van der Waals surface area (Å²) in [6.45, 7) is 1.91. The number of aryl methyl sites for hydroxylation is 1. The Kier molecular flexibility index (Phi) is 5.37. The van der Waals surface area contributed by atoms with Crippen molar-refractivity contribution < 1.29 is 17.9 Å². The van der Waals surface area contributed by atoms with Gasteiger partial charge in [0, 0.05) is 17.3 Å². The van der Waals surface area contributed by atoms with Crippen LogP contribution < -0.4 is 14.2 Å². The average molecular weight is 383 g/mol. The average Bonchev–Trinajstić information content (AvgIpc) is 2.68. The third-order valence-corrected chi connectivity index (χ3v) is 5.59. The summed E-state index contributed by atoms with van der Waals surface area (Å²) in [6.07, 6.45) is 0. The first kappa shape index (κ1) is 18.8. The summed E-state index contributed by atoms with van der Waals surface area (Å²) in [4.78, 5) is 0.231. The summed E-state index contributed by atoms with van der Waals surface area (Å²) in [5, 5.41) is 0. The second kappa shape index (κ2) is 7.72. The standard InChI is InChI=1S/C21H21NO4S/c1-15-4-11-19(12-5-15)27(23,24)22-17-8-6-16(7-9-17)20-13-10-18(25-2)14-21(20)26-3/h4-14,22H,1-3H3. The van der Waals surface area contributed by atoms with Crippen LogP contribution >= 0.6 is 0 Å². The van der Waals surface area contributed by atoms with Crippen molar-refractivity contribution in [3.63, 3.8) is 0 Å². The molecule has 0 unspecified atom stereocenters. The van der Waals surface area contributed by atoms with Crippen LogP contribution in [0.3, 0.4) is 0 Å². The van der Waals surface area contributed by atoms with Gasteiger partial charge in [0.1, 0.15) is 11.5 Å². The molecule has 0 atom stereocenters. The SMILES string of the molecule is COc1ccc(-c2ccc(NS(=O)(=O)c3ccc(C)cc3)cc2)c(OC)c1. The maximum atomic E-state index is 12.5. The molecule has 0 amide bonds. The van der Waals surface area contributed by atoms with Crippen LogP contribution in [0.5, 0.6) is 11.5 Å². The number of anilines is 1. The van der Waals surface area contributed by atoms with Crippen molar-refractivity contribution in [3.8, 4) is 22.6 Å². The van der Waals surface area contributed by atoms with Gasteiger partial charge >= 0.3 is 0 Å². The number of hydrogen-bond acceptors (Lipinski definition) is 4. The zero-order valence-corrected chi connectivity index (χ0v) is 16.2. The Morgan fingerprint density at radius 3 is 2.07 bits per heavy atom. The van der Waals surface area contributed by atoms with E-state index in [1.165, 1.54) is 0 Å². The van der Waals surface area contributed by atoms with E-state index in [0.717, 1.165) is 16.7 Å². The van der Waals surface area contributed by atoms with Crippen LogP contribution in [0.2, 0.25) is 0 Å². The molecule has 27 heavy (non-hydrogen) atoms. The van der Waals surface area contributed by atoms with Crippen molar-refractivity contribution in [2.24, 2.45) is 0 Å². The number of ether oxygens (including phenoxy) is 2. The molecule has 0 aliphatic heterocycles. The number of rotatable bonds is 6. The van der Waals surface area contributed by atoms with Gasteiger partial charge in [-0.3, -0.25) is 4.72 Å². The molecule has 5 nitrogen and oxygen atoms in total. The largest absolute Gasteiger partial charge is 0.497 e. The van der Waals surface area contributed by atoms with Crippen molar-refractivity contribution in [2.75, 3.05) is 18.9 Å². The van der Waals surface area contributed by atoms with Gasteiger partial charge in [0.2, 0.25) is 0 Å². The first-order valence-electron chi connectivity index (χ1n) is 8.35. The quantitative estimate of drug-likeness (QED) is 0.682. The van der Waals surface area contributed by atoms with Crippen LogP contribution in [0.15, 0.2) is 71.6 Å². The van der Waals surface area contributed by atoms with Crippen LogP contribution in [-0.2, 0) is 10.0 Å². The molecule has 0 saturated heterocycles. The van der Waals surface area contributed by atoms with Gasteiger partial charge in [0.25, 0.3) is 10.0 Å². The fourth-order valence-electron chi connectivity index (χ4n) is 2.69.